The number of hydrogen-bond donors (Lipinski definition) is 0. The molecule has 164 valence electrons. The molecule has 31 heavy (non-hydrogen) atoms. The molecule has 0 radical (unpaired) electrons. The number of aromatic nitrogens is 3. The average Bonchev–Trinajstić information content (AvgIpc) is 3.33. The average molecular weight is 440 g/mol. The first-order valence-electron chi connectivity index (χ1n) is 9.47. The Morgan fingerprint density at radius 1 is 0.935 bits per heavy atom. The number of alkyl halides is 6. The maximum Gasteiger partial charge on any atom is 0.433 e. The highest BCUT2D eigenvalue weighted by molar-refractivity contribution is 5.58. The van der Waals surface area contributed by atoms with Crippen molar-refractivity contribution in [1.29, 1.82) is 0 Å². The van der Waals surface area contributed by atoms with Gasteiger partial charge in [0.2, 0.25) is 0 Å². The van der Waals surface area contributed by atoms with Gasteiger partial charge in [0.25, 0.3) is 0 Å². The maximum absolute atomic E-state index is 13.6. The van der Waals surface area contributed by atoms with Crippen LogP contribution >= 0.6 is 0 Å². The fourth-order valence-corrected chi connectivity index (χ4v) is 4.05. The van der Waals surface area contributed by atoms with E-state index in [1.807, 2.05) is 11.9 Å². The van der Waals surface area contributed by atoms with E-state index in [-0.39, 0.29) is 11.1 Å². The van der Waals surface area contributed by atoms with Crippen LogP contribution in [0.4, 0.5) is 26.3 Å². The minimum Gasteiger partial charge on any atom is -0.304 e. The van der Waals surface area contributed by atoms with E-state index in [0.717, 1.165) is 18.3 Å². The molecule has 3 aromatic rings. The molecule has 0 amide bonds. The zero-order valence-corrected chi connectivity index (χ0v) is 16.3. The van der Waals surface area contributed by atoms with Gasteiger partial charge in [0, 0.05) is 37.0 Å². The molecule has 1 aliphatic heterocycles. The molecule has 4 rings (SSSR count). The minimum absolute atomic E-state index is 0.185. The summed E-state index contributed by atoms with van der Waals surface area (Å²) in [7, 11) is 1.81. The van der Waals surface area contributed by atoms with Gasteiger partial charge in [-0.15, -0.1) is 0 Å². The van der Waals surface area contributed by atoms with Crippen molar-refractivity contribution in [1.82, 2.24) is 19.7 Å². The van der Waals surface area contributed by atoms with E-state index < -0.39 is 35.6 Å². The fraction of sp³-hybridized carbons (Fsp3) is 0.333. The summed E-state index contributed by atoms with van der Waals surface area (Å²) in [5.74, 6) is -0.473. The second kappa shape index (κ2) is 7.67. The van der Waals surface area contributed by atoms with Gasteiger partial charge in [-0.05, 0) is 36.9 Å². The number of benzene rings is 1. The molecule has 4 nitrogen and oxygen atoms in total. The lowest BCUT2D eigenvalue weighted by atomic mass is 9.90. The molecule has 2 aromatic heterocycles. The van der Waals surface area contributed by atoms with E-state index >= 15 is 0 Å². The van der Waals surface area contributed by atoms with Gasteiger partial charge in [-0.25, -0.2) is 0 Å². The summed E-state index contributed by atoms with van der Waals surface area (Å²) >= 11 is 0. The van der Waals surface area contributed by atoms with Crippen LogP contribution in [0.25, 0.3) is 11.3 Å². The molecule has 1 saturated heterocycles. The molecule has 3 heterocycles. The van der Waals surface area contributed by atoms with E-state index in [0.29, 0.717) is 18.8 Å². The molecule has 1 aromatic carbocycles. The maximum atomic E-state index is 13.6. The summed E-state index contributed by atoms with van der Waals surface area (Å²) in [6.45, 7) is 0.864. The molecule has 0 bridgehead atoms. The Bertz CT molecular complexity index is 1070. The zero-order valence-electron chi connectivity index (χ0n) is 16.3. The predicted molar refractivity (Wildman–Crippen MR) is 101 cm³/mol. The van der Waals surface area contributed by atoms with E-state index in [9.17, 15) is 26.3 Å². The van der Waals surface area contributed by atoms with Crippen molar-refractivity contribution >= 4 is 0 Å². The zero-order chi connectivity index (χ0) is 22.4. The van der Waals surface area contributed by atoms with Crippen molar-refractivity contribution in [3.8, 4) is 11.3 Å². The molecule has 2 atom stereocenters. The molecule has 1 aliphatic rings. The van der Waals surface area contributed by atoms with Crippen LogP contribution in [-0.2, 0) is 12.4 Å². The van der Waals surface area contributed by atoms with Crippen LogP contribution in [0.5, 0.6) is 0 Å². The van der Waals surface area contributed by atoms with Gasteiger partial charge in [-0.3, -0.25) is 9.67 Å². The Hall–Kier alpha value is -2.88. The van der Waals surface area contributed by atoms with Gasteiger partial charge in [0.05, 0.1) is 17.3 Å². The number of likely N-dealkylation sites (N-methyl/N-ethyl adjacent to an activating group) is 1. The van der Waals surface area contributed by atoms with Crippen molar-refractivity contribution in [2.75, 3.05) is 20.1 Å². The van der Waals surface area contributed by atoms with E-state index in [2.05, 4.69) is 10.1 Å². The lowest BCUT2D eigenvalue weighted by molar-refractivity contribution is -0.141. The Kier molecular flexibility index (Phi) is 5.28. The summed E-state index contributed by atoms with van der Waals surface area (Å²) in [4.78, 5) is 5.26. The number of pyridine rings is 1. The third kappa shape index (κ3) is 4.30. The van der Waals surface area contributed by atoms with Crippen LogP contribution < -0.4 is 0 Å². The van der Waals surface area contributed by atoms with Crippen LogP contribution in [0.3, 0.4) is 0 Å². The summed E-state index contributed by atoms with van der Waals surface area (Å²) in [6, 6.07) is 8.95. The monoisotopic (exact) mass is 440 g/mol. The lowest BCUT2D eigenvalue weighted by Gasteiger charge is -2.23. The van der Waals surface area contributed by atoms with Crippen molar-refractivity contribution in [3.63, 3.8) is 0 Å². The minimum atomic E-state index is -4.58. The second-order valence-electron chi connectivity index (χ2n) is 7.59. The van der Waals surface area contributed by atoms with Gasteiger partial charge >= 0.3 is 12.4 Å². The quantitative estimate of drug-likeness (QED) is 0.522. The van der Waals surface area contributed by atoms with Crippen LogP contribution in [-0.4, -0.2) is 39.8 Å². The highest BCUT2D eigenvalue weighted by Crippen LogP contribution is 2.42. The first-order valence-corrected chi connectivity index (χ1v) is 9.47. The third-order valence-corrected chi connectivity index (χ3v) is 5.43. The number of likely N-dealkylation sites (tertiary alicyclic amines) is 1. The van der Waals surface area contributed by atoms with Crippen LogP contribution in [0.15, 0.2) is 54.9 Å². The first-order chi connectivity index (χ1) is 14.5. The Morgan fingerprint density at radius 3 is 2.39 bits per heavy atom. The first kappa shape index (κ1) is 21.4. The highest BCUT2D eigenvalue weighted by Gasteiger charge is 2.41. The van der Waals surface area contributed by atoms with Crippen molar-refractivity contribution < 1.29 is 26.3 Å². The molecular formula is C21H18F6N4. The Morgan fingerprint density at radius 2 is 1.68 bits per heavy atom. The molecule has 0 unspecified atom stereocenters. The third-order valence-electron chi connectivity index (χ3n) is 5.43. The summed E-state index contributed by atoms with van der Waals surface area (Å²) in [6.07, 6.45) is -6.42. The molecule has 0 saturated carbocycles. The highest BCUT2D eigenvalue weighted by atomic mass is 19.4. The SMILES string of the molecule is CN1C[C@@H](n2ccc(-c3ccnc(C(F)(F)F)c3)n2)[C@H](c2ccccc2C(F)(F)F)C1. The van der Waals surface area contributed by atoms with E-state index in [1.54, 1.807) is 23.0 Å². The van der Waals surface area contributed by atoms with Crippen molar-refractivity contribution in [3.05, 3.63) is 71.7 Å². The predicted octanol–water partition coefficient (Wildman–Crippen LogP) is 5.25. The fourth-order valence-electron chi connectivity index (χ4n) is 4.05. The molecule has 10 heteroatoms. The molecular weight excluding hydrogens is 422 g/mol. The second-order valence-corrected chi connectivity index (χ2v) is 7.59. The number of nitrogens with zero attached hydrogens (tertiary/aromatic N) is 4. The van der Waals surface area contributed by atoms with Crippen molar-refractivity contribution in [2.24, 2.45) is 0 Å². The van der Waals surface area contributed by atoms with Crippen LogP contribution in [0, 0.1) is 0 Å². The number of hydrogen-bond acceptors (Lipinski definition) is 3. The summed E-state index contributed by atoms with van der Waals surface area (Å²) < 4.78 is 81.1. The van der Waals surface area contributed by atoms with Crippen LogP contribution in [0.2, 0.25) is 0 Å². The van der Waals surface area contributed by atoms with E-state index in [1.165, 1.54) is 18.2 Å². The van der Waals surface area contributed by atoms with Gasteiger partial charge in [-0.1, -0.05) is 18.2 Å². The molecule has 1 fully saturated rings. The van der Waals surface area contributed by atoms with Gasteiger partial charge in [0.1, 0.15) is 5.69 Å². The lowest BCUT2D eigenvalue weighted by Crippen LogP contribution is -2.20. The largest absolute Gasteiger partial charge is 0.433 e. The Labute approximate surface area is 174 Å². The van der Waals surface area contributed by atoms with Gasteiger partial charge in [0.15, 0.2) is 0 Å². The van der Waals surface area contributed by atoms with E-state index in [4.69, 9.17) is 0 Å². The topological polar surface area (TPSA) is 34.0 Å². The van der Waals surface area contributed by atoms with Gasteiger partial charge in [-0.2, -0.15) is 31.4 Å². The molecule has 0 aliphatic carbocycles. The molecule has 0 spiro atoms. The summed E-state index contributed by atoms with van der Waals surface area (Å²) in [5.41, 5.74) is -0.997. The van der Waals surface area contributed by atoms with Crippen LogP contribution in [0.1, 0.15) is 28.8 Å². The number of halogens is 6. The molecule has 0 N–H and O–H groups in total. The smallest absolute Gasteiger partial charge is 0.304 e. The summed E-state index contributed by atoms with van der Waals surface area (Å²) in [5, 5.41) is 4.40. The van der Waals surface area contributed by atoms with Crippen molar-refractivity contribution in [2.45, 2.75) is 24.3 Å². The number of rotatable bonds is 3. The normalized spacial score (nSPS) is 20.4. The standard InChI is InChI=1S/C21H18F6N4/c1-30-11-15(14-4-2-3-5-16(14)20(22,23)24)18(12-30)31-9-7-17(29-31)13-6-8-28-19(10-13)21(25,26)27/h2-10,15,18H,11-12H2,1H3/t15-,18+/m0/s1. The van der Waals surface area contributed by atoms with Gasteiger partial charge < -0.3 is 4.90 Å². The Balaban J connectivity index is 1.69.